The van der Waals surface area contributed by atoms with Gasteiger partial charge in [-0.1, -0.05) is 0 Å². The summed E-state index contributed by atoms with van der Waals surface area (Å²) in [4.78, 5) is 10.2. The summed E-state index contributed by atoms with van der Waals surface area (Å²) < 4.78 is 6.35. The summed E-state index contributed by atoms with van der Waals surface area (Å²) in [6.07, 6.45) is -1.63. The van der Waals surface area contributed by atoms with Crippen LogP contribution >= 0.6 is 0 Å². The molecule has 48 valence electrons. The van der Waals surface area contributed by atoms with Crippen LogP contribution in [0.3, 0.4) is 0 Å². The molecule has 4 heteroatoms. The van der Waals surface area contributed by atoms with Crippen LogP contribution in [0.2, 0.25) is 0 Å². The summed E-state index contributed by atoms with van der Waals surface area (Å²) >= 11 is 0. The van der Waals surface area contributed by atoms with Gasteiger partial charge in [0.15, 0.2) is 5.78 Å². The van der Waals surface area contributed by atoms with Crippen molar-refractivity contribution in [2.75, 3.05) is 13.2 Å². The van der Waals surface area contributed by atoms with Gasteiger partial charge in [-0.05, 0) is 0 Å². The van der Waals surface area contributed by atoms with Crippen LogP contribution in [0.25, 0.3) is 0 Å². The smallest absolute Gasteiger partial charge is 0.188 e. The lowest BCUT2D eigenvalue weighted by Gasteiger charge is -2.00. The average molecular weight is 121 g/mol. The van der Waals surface area contributed by atoms with Crippen LogP contribution < -0.4 is 0 Å². The highest BCUT2D eigenvalue weighted by molar-refractivity contribution is 5.83. The molecule has 0 aromatic carbocycles. The molecule has 0 rings (SSSR count). The van der Waals surface area contributed by atoms with E-state index >= 15 is 0 Å². The Bertz CT molecular complexity index is 103. The molecule has 1 unspecified atom stereocenters. The monoisotopic (exact) mass is 121 g/mol. The zero-order chi connectivity index (χ0) is 7.44. The third kappa shape index (κ3) is 2.02. The molecule has 0 aliphatic rings. The minimum absolute atomic E-state index is 0.755. The molecule has 0 fully saturated rings. The summed E-state index contributed by atoms with van der Waals surface area (Å²) in [5.74, 6) is -1.09. The molecule has 0 aliphatic heterocycles. The Labute approximate surface area is 47.8 Å². The van der Waals surface area contributed by atoms with Gasteiger partial charge in [-0.25, -0.2) is 0 Å². The van der Waals surface area contributed by atoms with Gasteiger partial charge in [0.2, 0.25) is 0 Å². The molecule has 0 saturated heterocycles. The van der Waals surface area contributed by atoms with Crippen LogP contribution in [0.15, 0.2) is 0 Å². The maximum absolute atomic E-state index is 10.2. The Kier molecular flexibility index (Phi) is 2.51. The normalized spacial score (nSPS) is 19.1. The van der Waals surface area contributed by atoms with E-state index in [-0.39, 0.29) is 0 Å². The van der Waals surface area contributed by atoms with E-state index in [4.69, 9.17) is 16.7 Å². The van der Waals surface area contributed by atoms with Crippen molar-refractivity contribution in [3.63, 3.8) is 0 Å². The lowest BCUT2D eigenvalue weighted by molar-refractivity contribution is -0.131. The van der Waals surface area contributed by atoms with Crippen molar-refractivity contribution in [1.29, 1.82) is 0 Å². The van der Waals surface area contributed by atoms with E-state index in [9.17, 15) is 4.79 Å². The maximum atomic E-state index is 10.2. The Hall–Kier alpha value is -0.450. The van der Waals surface area contributed by atoms with Crippen molar-refractivity contribution in [3.8, 4) is 0 Å². The second kappa shape index (κ2) is 3.54. The molecule has 0 saturated carbocycles. The molecule has 0 radical (unpaired) electrons. The highest BCUT2D eigenvalue weighted by Gasteiger charge is 2.10. The van der Waals surface area contributed by atoms with Crippen molar-refractivity contribution < 1.29 is 21.5 Å². The lowest BCUT2D eigenvalue weighted by Crippen LogP contribution is -2.26. The standard InChI is InChI=1S/C4H8O4/c5-1-3(7)4(8)2-6/h3,5-7H,1-2H2/t3-/m1/s1/i2D/t2?,3-. The number of aliphatic hydroxyl groups excluding tert-OH is 3. The van der Waals surface area contributed by atoms with Crippen LogP contribution in [-0.2, 0) is 4.79 Å². The molecule has 0 heterocycles. The van der Waals surface area contributed by atoms with Crippen molar-refractivity contribution >= 4 is 5.78 Å². The number of hydrogen-bond acceptors (Lipinski definition) is 4. The number of Topliss-reactive ketones (excluding diaryl/α,β-unsaturated/α-hetero) is 1. The molecule has 3 N–H and O–H groups in total. The number of hydrogen-bond donors (Lipinski definition) is 3. The van der Waals surface area contributed by atoms with E-state index in [1.807, 2.05) is 0 Å². The Balaban J connectivity index is 3.73. The lowest BCUT2D eigenvalue weighted by atomic mass is 10.3. The summed E-state index contributed by atoms with van der Waals surface area (Å²) in [5, 5.41) is 24.7. The molecule has 0 aliphatic carbocycles. The van der Waals surface area contributed by atoms with Gasteiger partial charge in [0, 0.05) is 0 Å². The summed E-state index contributed by atoms with van der Waals surface area (Å²) in [6.45, 7) is -2.71. The first kappa shape index (κ1) is 5.68. The summed E-state index contributed by atoms with van der Waals surface area (Å²) in [7, 11) is 0. The maximum Gasteiger partial charge on any atom is 0.188 e. The van der Waals surface area contributed by atoms with Crippen molar-refractivity contribution in [1.82, 2.24) is 0 Å². The SMILES string of the molecule is [2H]C(O)C(=O)[C@H](O)CO. The molecule has 0 aromatic heterocycles. The van der Waals surface area contributed by atoms with Gasteiger partial charge in [-0.15, -0.1) is 0 Å². The van der Waals surface area contributed by atoms with Crippen molar-refractivity contribution in [2.45, 2.75) is 6.10 Å². The third-order valence-electron chi connectivity index (χ3n) is 0.629. The molecular formula is C4H8O4. The minimum atomic E-state index is -1.95. The number of carbonyl (C=O) groups excluding carboxylic acids is 1. The fourth-order valence-electron chi connectivity index (χ4n) is 0.176. The van der Waals surface area contributed by atoms with Gasteiger partial charge in [0.1, 0.15) is 12.7 Å². The Morgan fingerprint density at radius 2 is 2.25 bits per heavy atom. The number of aliphatic hydroxyl groups is 3. The van der Waals surface area contributed by atoms with Gasteiger partial charge in [-0.3, -0.25) is 4.79 Å². The van der Waals surface area contributed by atoms with Crippen molar-refractivity contribution in [2.24, 2.45) is 0 Å². The molecule has 0 bridgehead atoms. The number of ketones is 1. The van der Waals surface area contributed by atoms with E-state index in [0.717, 1.165) is 0 Å². The Morgan fingerprint density at radius 1 is 1.75 bits per heavy atom. The summed E-state index contributed by atoms with van der Waals surface area (Å²) in [6, 6.07) is 0. The first-order valence-electron chi connectivity index (χ1n) is 2.60. The van der Waals surface area contributed by atoms with Gasteiger partial charge in [0.05, 0.1) is 7.98 Å². The van der Waals surface area contributed by atoms with Gasteiger partial charge in [-0.2, -0.15) is 0 Å². The molecule has 8 heavy (non-hydrogen) atoms. The summed E-state index contributed by atoms with van der Waals surface area (Å²) in [5.41, 5.74) is 0. The number of rotatable bonds is 3. The van der Waals surface area contributed by atoms with Gasteiger partial charge in [0.25, 0.3) is 0 Å². The van der Waals surface area contributed by atoms with Crippen LogP contribution in [0.5, 0.6) is 0 Å². The van der Waals surface area contributed by atoms with Crippen molar-refractivity contribution in [3.05, 3.63) is 0 Å². The zero-order valence-electron chi connectivity index (χ0n) is 5.11. The molecular weight excluding hydrogens is 112 g/mol. The predicted molar refractivity (Wildman–Crippen MR) is 25.2 cm³/mol. The molecule has 0 aromatic rings. The fourth-order valence-corrected chi connectivity index (χ4v) is 0.176. The molecule has 0 spiro atoms. The number of carbonyl (C=O) groups is 1. The highest BCUT2D eigenvalue weighted by atomic mass is 16.3. The quantitative estimate of drug-likeness (QED) is 0.399. The molecule has 0 amide bonds. The first-order valence-corrected chi connectivity index (χ1v) is 2.02. The highest BCUT2D eigenvalue weighted by Crippen LogP contribution is 1.80. The fraction of sp³-hybridized carbons (Fsp3) is 0.750. The third-order valence-corrected chi connectivity index (χ3v) is 0.629. The van der Waals surface area contributed by atoms with Crippen LogP contribution in [-0.4, -0.2) is 40.4 Å². The van der Waals surface area contributed by atoms with Gasteiger partial charge >= 0.3 is 0 Å². The van der Waals surface area contributed by atoms with Crippen LogP contribution in [0, 0.1) is 0 Å². The van der Waals surface area contributed by atoms with E-state index in [0.29, 0.717) is 0 Å². The van der Waals surface area contributed by atoms with E-state index in [2.05, 4.69) is 0 Å². The predicted octanol–water partition coefficient (Wildman–Crippen LogP) is -2.10. The van der Waals surface area contributed by atoms with E-state index in [1.165, 1.54) is 0 Å². The van der Waals surface area contributed by atoms with E-state index < -0.39 is 25.1 Å². The average Bonchev–Trinajstić information content (AvgIpc) is 1.84. The second-order valence-electron chi connectivity index (χ2n) is 1.23. The molecule has 2 atom stereocenters. The van der Waals surface area contributed by atoms with Crippen LogP contribution in [0.4, 0.5) is 0 Å². The topological polar surface area (TPSA) is 77.8 Å². The Morgan fingerprint density at radius 3 is 2.38 bits per heavy atom. The van der Waals surface area contributed by atoms with Gasteiger partial charge < -0.3 is 15.3 Å². The second-order valence-corrected chi connectivity index (χ2v) is 1.23. The molecule has 4 nitrogen and oxygen atoms in total. The minimum Gasteiger partial charge on any atom is -0.393 e. The first-order chi connectivity index (χ1) is 4.09. The van der Waals surface area contributed by atoms with E-state index in [1.54, 1.807) is 0 Å². The van der Waals surface area contributed by atoms with Crippen LogP contribution in [0.1, 0.15) is 1.37 Å². The zero-order valence-corrected chi connectivity index (χ0v) is 4.11. The largest absolute Gasteiger partial charge is 0.393 e.